The van der Waals surface area contributed by atoms with E-state index in [2.05, 4.69) is 32.6 Å². The van der Waals surface area contributed by atoms with Gasteiger partial charge < -0.3 is 19.0 Å². The van der Waals surface area contributed by atoms with E-state index in [1.165, 1.54) is 0 Å². The highest BCUT2D eigenvalue weighted by molar-refractivity contribution is 5.83. The van der Waals surface area contributed by atoms with Gasteiger partial charge in [0.25, 0.3) is 0 Å². The molecular weight excluding hydrogens is 406 g/mol. The summed E-state index contributed by atoms with van der Waals surface area (Å²) in [7, 11) is 1.55. The van der Waals surface area contributed by atoms with Gasteiger partial charge in [-0.15, -0.1) is 0 Å². The SMILES string of the molecule is COc1ccccc1Oc1c(C)oc2c(CN(CC(C)C)CC(C)C)c(O)ccc2c1=O. The first kappa shape index (κ1) is 23.7. The lowest BCUT2D eigenvalue weighted by molar-refractivity contribution is 0.209. The van der Waals surface area contributed by atoms with Crippen molar-refractivity contribution >= 4 is 11.0 Å². The maximum Gasteiger partial charge on any atom is 0.235 e. The van der Waals surface area contributed by atoms with Crippen molar-refractivity contribution in [3.63, 3.8) is 0 Å². The van der Waals surface area contributed by atoms with Crippen LogP contribution in [0.1, 0.15) is 39.0 Å². The lowest BCUT2D eigenvalue weighted by Crippen LogP contribution is -2.31. The van der Waals surface area contributed by atoms with Crippen molar-refractivity contribution in [3.8, 4) is 23.0 Å². The first-order chi connectivity index (χ1) is 15.2. The Kier molecular flexibility index (Phi) is 7.46. The number of ether oxygens (including phenoxy) is 2. The number of phenolic OH excluding ortho intramolecular Hbond substituents is 1. The number of aromatic hydroxyl groups is 1. The molecule has 0 saturated carbocycles. The van der Waals surface area contributed by atoms with Crippen molar-refractivity contribution in [2.24, 2.45) is 11.8 Å². The Labute approximate surface area is 189 Å². The zero-order valence-corrected chi connectivity index (χ0v) is 19.8. The smallest absolute Gasteiger partial charge is 0.235 e. The Hall–Kier alpha value is -2.99. The van der Waals surface area contributed by atoms with Crippen LogP contribution in [0.3, 0.4) is 0 Å². The van der Waals surface area contributed by atoms with E-state index < -0.39 is 0 Å². The highest BCUT2D eigenvalue weighted by Gasteiger charge is 2.21. The molecule has 0 radical (unpaired) electrons. The van der Waals surface area contributed by atoms with Gasteiger partial charge in [-0.3, -0.25) is 9.69 Å². The van der Waals surface area contributed by atoms with Crippen molar-refractivity contribution in [2.75, 3.05) is 20.2 Å². The normalized spacial score (nSPS) is 11.7. The average molecular weight is 440 g/mol. The Balaban J connectivity index is 2.07. The third-order valence-electron chi connectivity index (χ3n) is 5.17. The van der Waals surface area contributed by atoms with E-state index >= 15 is 0 Å². The van der Waals surface area contributed by atoms with Crippen molar-refractivity contribution < 1.29 is 19.0 Å². The number of aryl methyl sites for hydroxylation is 1. The number of methoxy groups -OCH3 is 1. The molecule has 6 nitrogen and oxygen atoms in total. The van der Waals surface area contributed by atoms with E-state index in [1.807, 2.05) is 12.1 Å². The standard InChI is InChI=1S/C26H33NO5/c1-16(2)13-27(14-17(3)4)15-20-21(28)12-11-19-24(29)25(18(5)31-26(19)20)32-23-10-8-7-9-22(23)30-6/h7-12,16-17,28H,13-15H2,1-6H3. The van der Waals surface area contributed by atoms with Gasteiger partial charge in [0, 0.05) is 19.6 Å². The number of hydrogen-bond donors (Lipinski definition) is 1. The van der Waals surface area contributed by atoms with Crippen molar-refractivity contribution in [3.05, 3.63) is 57.9 Å². The molecule has 2 aromatic carbocycles. The number of phenols is 1. The van der Waals surface area contributed by atoms with Crippen LogP contribution < -0.4 is 14.9 Å². The summed E-state index contributed by atoms with van der Waals surface area (Å²) in [5.41, 5.74) is 0.736. The molecule has 3 rings (SSSR count). The van der Waals surface area contributed by atoms with Gasteiger partial charge in [-0.05, 0) is 43.0 Å². The summed E-state index contributed by atoms with van der Waals surface area (Å²) in [5, 5.41) is 11.0. The van der Waals surface area contributed by atoms with Crippen LogP contribution in [0.5, 0.6) is 23.0 Å². The average Bonchev–Trinajstić information content (AvgIpc) is 2.72. The van der Waals surface area contributed by atoms with E-state index in [-0.39, 0.29) is 16.9 Å². The fourth-order valence-corrected chi connectivity index (χ4v) is 3.94. The minimum absolute atomic E-state index is 0.111. The maximum atomic E-state index is 13.3. The summed E-state index contributed by atoms with van der Waals surface area (Å²) >= 11 is 0. The van der Waals surface area contributed by atoms with Crippen LogP contribution in [-0.4, -0.2) is 30.2 Å². The predicted molar refractivity (Wildman–Crippen MR) is 127 cm³/mol. The Bertz CT molecular complexity index is 1120. The van der Waals surface area contributed by atoms with Crippen LogP contribution >= 0.6 is 0 Å². The molecule has 1 aromatic heterocycles. The highest BCUT2D eigenvalue weighted by atomic mass is 16.5. The third-order valence-corrected chi connectivity index (χ3v) is 5.17. The molecule has 0 aliphatic carbocycles. The summed E-state index contributed by atoms with van der Waals surface area (Å²) in [4.78, 5) is 15.6. The van der Waals surface area contributed by atoms with Crippen LogP contribution in [0.2, 0.25) is 0 Å². The van der Waals surface area contributed by atoms with Crippen molar-refractivity contribution in [1.29, 1.82) is 0 Å². The summed E-state index contributed by atoms with van der Waals surface area (Å²) in [6, 6.07) is 10.3. The van der Waals surface area contributed by atoms with Crippen LogP contribution in [0, 0.1) is 18.8 Å². The number of fused-ring (bicyclic) bond motifs is 1. The second-order valence-electron chi connectivity index (χ2n) is 8.99. The molecule has 1 heterocycles. The van der Waals surface area contributed by atoms with Gasteiger partial charge in [-0.1, -0.05) is 39.8 Å². The Morgan fingerprint density at radius 1 is 1.00 bits per heavy atom. The maximum absolute atomic E-state index is 13.3. The van der Waals surface area contributed by atoms with Crippen molar-refractivity contribution in [2.45, 2.75) is 41.2 Å². The quantitative estimate of drug-likeness (QED) is 0.460. The predicted octanol–water partition coefficient (Wildman–Crippen LogP) is 5.72. The largest absolute Gasteiger partial charge is 0.507 e. The van der Waals surface area contributed by atoms with E-state index in [4.69, 9.17) is 13.9 Å². The van der Waals surface area contributed by atoms with Gasteiger partial charge in [0.15, 0.2) is 11.5 Å². The monoisotopic (exact) mass is 439 g/mol. The number of rotatable bonds is 9. The molecular formula is C26H33NO5. The van der Waals surface area contributed by atoms with E-state index in [0.717, 1.165) is 13.1 Å². The summed E-state index contributed by atoms with van der Waals surface area (Å²) < 4.78 is 17.3. The second-order valence-corrected chi connectivity index (χ2v) is 8.99. The molecule has 0 aliphatic heterocycles. The first-order valence-electron chi connectivity index (χ1n) is 11.0. The first-order valence-corrected chi connectivity index (χ1v) is 11.0. The number of benzene rings is 2. The molecule has 0 fully saturated rings. The molecule has 6 heteroatoms. The van der Waals surface area contributed by atoms with Gasteiger partial charge in [-0.25, -0.2) is 0 Å². The number of hydrogen-bond acceptors (Lipinski definition) is 6. The molecule has 0 amide bonds. The van der Waals surface area contributed by atoms with Crippen molar-refractivity contribution in [1.82, 2.24) is 4.90 Å². The zero-order chi connectivity index (χ0) is 23.4. The lowest BCUT2D eigenvalue weighted by atomic mass is 10.1. The van der Waals surface area contributed by atoms with E-state index in [1.54, 1.807) is 38.3 Å². The molecule has 0 bridgehead atoms. The third kappa shape index (κ3) is 5.25. The topological polar surface area (TPSA) is 72.1 Å². The van der Waals surface area contributed by atoms with Gasteiger partial charge in [0.05, 0.1) is 18.1 Å². The van der Waals surface area contributed by atoms with Crippen LogP contribution in [-0.2, 0) is 6.54 Å². The number of para-hydroxylation sites is 2. The highest BCUT2D eigenvalue weighted by Crippen LogP contribution is 2.34. The molecule has 0 saturated heterocycles. The minimum Gasteiger partial charge on any atom is -0.507 e. The molecule has 172 valence electrons. The van der Waals surface area contributed by atoms with Crippen LogP contribution in [0.15, 0.2) is 45.6 Å². The van der Waals surface area contributed by atoms with Crippen LogP contribution in [0.25, 0.3) is 11.0 Å². The fourth-order valence-electron chi connectivity index (χ4n) is 3.94. The van der Waals surface area contributed by atoms with Gasteiger partial charge >= 0.3 is 0 Å². The zero-order valence-electron chi connectivity index (χ0n) is 19.8. The van der Waals surface area contributed by atoms with Crippen LogP contribution in [0.4, 0.5) is 0 Å². The Morgan fingerprint density at radius 3 is 2.22 bits per heavy atom. The Morgan fingerprint density at radius 2 is 1.62 bits per heavy atom. The molecule has 0 atom stereocenters. The summed E-state index contributed by atoms with van der Waals surface area (Å²) in [6.45, 7) is 12.6. The molecule has 3 aromatic rings. The van der Waals surface area contributed by atoms with Gasteiger partial charge in [0.1, 0.15) is 17.1 Å². The van der Waals surface area contributed by atoms with E-state index in [0.29, 0.717) is 52.2 Å². The molecule has 0 unspecified atom stereocenters. The minimum atomic E-state index is -0.282. The second kappa shape index (κ2) is 10.1. The molecule has 0 aliphatic rings. The summed E-state index contributed by atoms with van der Waals surface area (Å²) in [5.74, 6) is 2.48. The molecule has 32 heavy (non-hydrogen) atoms. The molecule has 0 spiro atoms. The van der Waals surface area contributed by atoms with Gasteiger partial charge in [-0.2, -0.15) is 0 Å². The molecule has 1 N–H and O–H groups in total. The fraction of sp³-hybridized carbons (Fsp3) is 0.423. The summed E-state index contributed by atoms with van der Waals surface area (Å²) in [6.07, 6.45) is 0. The van der Waals surface area contributed by atoms with Gasteiger partial charge in [0.2, 0.25) is 11.2 Å². The number of nitrogens with zero attached hydrogens (tertiary/aromatic N) is 1. The lowest BCUT2D eigenvalue weighted by Gasteiger charge is -2.26. The van der Waals surface area contributed by atoms with E-state index in [9.17, 15) is 9.90 Å².